The zero-order valence-electron chi connectivity index (χ0n) is 16.5. The number of aryl methyl sites for hydroxylation is 1. The molecule has 0 aliphatic heterocycles. The fraction of sp³-hybridized carbons (Fsp3) is 0.263. The molecule has 0 saturated heterocycles. The first-order valence-electron chi connectivity index (χ1n) is 9.06. The zero-order valence-corrected chi connectivity index (χ0v) is 18.1. The standard InChI is InChI=1S/C19H20N6O3S2/c1-4-10-25-16(13-8-6-7-9-20-13)23-24-19(25)29-11-14(26)22-18-21-12(3)15(30-18)17(27)28-5-2/h4,6-9H,1,5,10-11H2,2-3H3,(H,21,22,26). The summed E-state index contributed by atoms with van der Waals surface area (Å²) in [5.74, 6) is -0.00288. The highest BCUT2D eigenvalue weighted by Crippen LogP contribution is 2.25. The van der Waals surface area contributed by atoms with Crippen LogP contribution in [0.25, 0.3) is 11.5 Å². The number of allylic oxidation sites excluding steroid dienone is 1. The molecule has 0 saturated carbocycles. The summed E-state index contributed by atoms with van der Waals surface area (Å²) in [5, 5.41) is 12.0. The molecule has 9 nitrogen and oxygen atoms in total. The largest absolute Gasteiger partial charge is 0.462 e. The van der Waals surface area contributed by atoms with Gasteiger partial charge in [-0.2, -0.15) is 0 Å². The SMILES string of the molecule is C=CCn1c(SCC(=O)Nc2nc(C)c(C(=O)OCC)s2)nnc1-c1ccccn1. The lowest BCUT2D eigenvalue weighted by Crippen LogP contribution is -2.14. The summed E-state index contributed by atoms with van der Waals surface area (Å²) in [7, 11) is 0. The lowest BCUT2D eigenvalue weighted by molar-refractivity contribution is -0.113. The van der Waals surface area contributed by atoms with E-state index in [-0.39, 0.29) is 18.3 Å². The minimum absolute atomic E-state index is 0.102. The van der Waals surface area contributed by atoms with Crippen LogP contribution in [0.5, 0.6) is 0 Å². The first-order chi connectivity index (χ1) is 14.5. The van der Waals surface area contributed by atoms with Gasteiger partial charge in [-0.05, 0) is 26.0 Å². The van der Waals surface area contributed by atoms with Crippen LogP contribution in [0.1, 0.15) is 22.3 Å². The molecule has 1 amide bonds. The van der Waals surface area contributed by atoms with Crippen molar-refractivity contribution >= 4 is 40.1 Å². The van der Waals surface area contributed by atoms with E-state index in [0.29, 0.717) is 38.9 Å². The van der Waals surface area contributed by atoms with E-state index in [9.17, 15) is 9.59 Å². The Bertz CT molecular complexity index is 1050. The predicted octanol–water partition coefficient (Wildman–Crippen LogP) is 3.20. The van der Waals surface area contributed by atoms with Crippen LogP contribution in [0.3, 0.4) is 0 Å². The number of hydrogen-bond acceptors (Lipinski definition) is 9. The normalized spacial score (nSPS) is 10.6. The Labute approximate surface area is 181 Å². The molecule has 11 heteroatoms. The second-order valence-electron chi connectivity index (χ2n) is 5.91. The maximum absolute atomic E-state index is 12.4. The van der Waals surface area contributed by atoms with Gasteiger partial charge in [0.25, 0.3) is 0 Å². The molecular formula is C19H20N6O3S2. The average molecular weight is 445 g/mol. The van der Waals surface area contributed by atoms with Gasteiger partial charge in [0.2, 0.25) is 5.91 Å². The molecule has 0 radical (unpaired) electrons. The van der Waals surface area contributed by atoms with Crippen molar-refractivity contribution in [1.29, 1.82) is 0 Å². The average Bonchev–Trinajstić information content (AvgIpc) is 3.30. The minimum atomic E-state index is -0.443. The molecule has 0 fully saturated rings. The van der Waals surface area contributed by atoms with E-state index in [1.807, 2.05) is 22.8 Å². The topological polar surface area (TPSA) is 112 Å². The van der Waals surface area contributed by atoms with Crippen LogP contribution in [0, 0.1) is 6.92 Å². The number of ether oxygens (including phenoxy) is 1. The molecule has 0 aliphatic carbocycles. The fourth-order valence-corrected chi connectivity index (χ4v) is 4.12. The number of pyridine rings is 1. The van der Waals surface area contributed by atoms with Crippen LogP contribution in [-0.2, 0) is 16.1 Å². The van der Waals surface area contributed by atoms with Gasteiger partial charge in [0, 0.05) is 12.7 Å². The van der Waals surface area contributed by atoms with Gasteiger partial charge in [-0.15, -0.1) is 16.8 Å². The third-order valence-corrected chi connectivity index (χ3v) is 5.78. The number of aromatic nitrogens is 5. The van der Waals surface area contributed by atoms with Crippen LogP contribution in [0.15, 0.2) is 42.2 Å². The number of thioether (sulfide) groups is 1. The molecule has 0 aromatic carbocycles. The summed E-state index contributed by atoms with van der Waals surface area (Å²) >= 11 is 2.33. The van der Waals surface area contributed by atoms with Crippen molar-refractivity contribution < 1.29 is 14.3 Å². The molecule has 0 aliphatic rings. The third-order valence-electron chi connectivity index (χ3n) is 3.76. The second-order valence-corrected chi connectivity index (χ2v) is 7.85. The van der Waals surface area contributed by atoms with Crippen molar-refractivity contribution in [3.05, 3.63) is 47.6 Å². The van der Waals surface area contributed by atoms with Gasteiger partial charge in [-0.25, -0.2) is 9.78 Å². The highest BCUT2D eigenvalue weighted by molar-refractivity contribution is 7.99. The van der Waals surface area contributed by atoms with Crippen molar-refractivity contribution in [2.24, 2.45) is 0 Å². The van der Waals surface area contributed by atoms with Crippen LogP contribution in [-0.4, -0.2) is 49.0 Å². The first kappa shape index (κ1) is 21.7. The lowest BCUT2D eigenvalue weighted by Gasteiger charge is -2.07. The summed E-state index contributed by atoms with van der Waals surface area (Å²) in [5.41, 5.74) is 1.21. The molecule has 3 heterocycles. The molecule has 30 heavy (non-hydrogen) atoms. The van der Waals surface area contributed by atoms with E-state index in [1.165, 1.54) is 11.8 Å². The quantitative estimate of drug-likeness (QED) is 0.304. The molecule has 0 spiro atoms. The van der Waals surface area contributed by atoms with E-state index >= 15 is 0 Å². The Kier molecular flexibility index (Phi) is 7.31. The second kappa shape index (κ2) is 10.1. The van der Waals surface area contributed by atoms with Gasteiger partial charge < -0.3 is 10.1 Å². The number of amides is 1. The van der Waals surface area contributed by atoms with Gasteiger partial charge in [-0.3, -0.25) is 14.3 Å². The summed E-state index contributed by atoms with van der Waals surface area (Å²) in [6.07, 6.45) is 3.41. The number of carbonyl (C=O) groups is 2. The van der Waals surface area contributed by atoms with Crippen LogP contribution >= 0.6 is 23.1 Å². The summed E-state index contributed by atoms with van der Waals surface area (Å²) in [4.78, 5) is 33.2. The molecule has 3 aromatic rings. The smallest absolute Gasteiger partial charge is 0.350 e. The van der Waals surface area contributed by atoms with Crippen LogP contribution in [0.2, 0.25) is 0 Å². The van der Waals surface area contributed by atoms with Crippen molar-refractivity contribution in [2.75, 3.05) is 17.7 Å². The predicted molar refractivity (Wildman–Crippen MR) is 116 cm³/mol. The van der Waals surface area contributed by atoms with Crippen molar-refractivity contribution in [1.82, 2.24) is 24.7 Å². The summed E-state index contributed by atoms with van der Waals surface area (Å²) < 4.78 is 6.84. The highest BCUT2D eigenvalue weighted by Gasteiger charge is 2.19. The number of carbonyl (C=O) groups excluding carboxylic acids is 2. The van der Waals surface area contributed by atoms with Gasteiger partial charge in [0.05, 0.1) is 18.1 Å². The molecule has 0 unspecified atom stereocenters. The number of nitrogens with zero attached hydrogens (tertiary/aromatic N) is 5. The molecular weight excluding hydrogens is 424 g/mol. The Morgan fingerprint density at radius 2 is 2.20 bits per heavy atom. The molecule has 0 atom stereocenters. The Balaban J connectivity index is 1.67. The minimum Gasteiger partial charge on any atom is -0.462 e. The van der Waals surface area contributed by atoms with Gasteiger partial charge in [0.15, 0.2) is 16.1 Å². The maximum Gasteiger partial charge on any atom is 0.350 e. The zero-order chi connectivity index (χ0) is 21.5. The fourth-order valence-electron chi connectivity index (χ4n) is 2.50. The molecule has 3 aromatic heterocycles. The van der Waals surface area contributed by atoms with E-state index in [0.717, 1.165) is 11.3 Å². The van der Waals surface area contributed by atoms with Gasteiger partial charge in [-0.1, -0.05) is 35.2 Å². The maximum atomic E-state index is 12.4. The van der Waals surface area contributed by atoms with Gasteiger partial charge in [0.1, 0.15) is 10.6 Å². The third kappa shape index (κ3) is 5.10. The molecule has 156 valence electrons. The number of hydrogen-bond donors (Lipinski definition) is 1. The highest BCUT2D eigenvalue weighted by atomic mass is 32.2. The number of esters is 1. The molecule has 1 N–H and O–H groups in total. The number of thiazole rings is 1. The Morgan fingerprint density at radius 3 is 2.90 bits per heavy atom. The van der Waals surface area contributed by atoms with Gasteiger partial charge >= 0.3 is 5.97 Å². The first-order valence-corrected chi connectivity index (χ1v) is 10.9. The molecule has 3 rings (SSSR count). The van der Waals surface area contributed by atoms with E-state index in [4.69, 9.17) is 4.74 Å². The van der Waals surface area contributed by atoms with Crippen molar-refractivity contribution in [2.45, 2.75) is 25.5 Å². The van der Waals surface area contributed by atoms with Crippen molar-refractivity contribution in [3.63, 3.8) is 0 Å². The summed E-state index contributed by atoms with van der Waals surface area (Å²) in [6.45, 7) is 7.97. The lowest BCUT2D eigenvalue weighted by atomic mass is 10.3. The van der Waals surface area contributed by atoms with Crippen LogP contribution in [0.4, 0.5) is 5.13 Å². The van der Waals surface area contributed by atoms with Crippen LogP contribution < -0.4 is 5.32 Å². The monoisotopic (exact) mass is 444 g/mol. The summed E-state index contributed by atoms with van der Waals surface area (Å²) in [6, 6.07) is 5.54. The number of anilines is 1. The van der Waals surface area contributed by atoms with E-state index in [2.05, 4.69) is 32.1 Å². The van der Waals surface area contributed by atoms with E-state index < -0.39 is 5.97 Å². The Morgan fingerprint density at radius 1 is 1.37 bits per heavy atom. The van der Waals surface area contributed by atoms with Crippen molar-refractivity contribution in [3.8, 4) is 11.5 Å². The Hall–Kier alpha value is -3.05. The van der Waals surface area contributed by atoms with E-state index in [1.54, 1.807) is 26.1 Å². The number of nitrogens with one attached hydrogen (secondary N) is 1. The number of rotatable bonds is 9. The molecule has 0 bridgehead atoms.